The Morgan fingerprint density at radius 2 is 0.667 bits per heavy atom. The first-order valence-corrected chi connectivity index (χ1v) is 28.1. The second-order valence-electron chi connectivity index (χ2n) is 19.9. The Kier molecular flexibility index (Phi) is 10.8. The van der Waals surface area contributed by atoms with Crippen molar-refractivity contribution in [3.8, 4) is 50.2 Å². The summed E-state index contributed by atoms with van der Waals surface area (Å²) in [6, 6.07) is 116. The molecule has 0 saturated heterocycles. The molecule has 0 bridgehead atoms. The molecule has 0 aliphatic heterocycles. The van der Waals surface area contributed by atoms with Crippen LogP contribution in [-0.4, -0.2) is 12.6 Å². The fourth-order valence-electron chi connectivity index (χ4n) is 12.7. The van der Waals surface area contributed by atoms with Gasteiger partial charge in [0.15, 0.2) is 8.07 Å². The molecule has 0 unspecified atom stereocenters. The van der Waals surface area contributed by atoms with Crippen molar-refractivity contribution in [2.24, 2.45) is 0 Å². The minimum Gasteiger partial charge on any atom is -0.309 e. The van der Waals surface area contributed by atoms with Crippen LogP contribution in [0, 0.1) is 0 Å². The van der Waals surface area contributed by atoms with Crippen molar-refractivity contribution in [1.29, 1.82) is 0 Å². The van der Waals surface area contributed by atoms with Crippen LogP contribution in [0.4, 0.5) is 0 Å². The highest BCUT2D eigenvalue weighted by molar-refractivity contribution is 7.19. The second-order valence-corrected chi connectivity index (χ2v) is 23.7. The third-order valence-corrected chi connectivity index (χ3v) is 20.8. The Morgan fingerprint density at radius 3 is 1.20 bits per heavy atom. The molecule has 352 valence electrons. The Morgan fingerprint density at radius 1 is 0.253 bits per heavy atom. The van der Waals surface area contributed by atoms with Crippen molar-refractivity contribution in [3.05, 3.63) is 332 Å². The number of benzene rings is 12. The van der Waals surface area contributed by atoms with Gasteiger partial charge in [0.2, 0.25) is 0 Å². The molecule has 12 aromatic carbocycles. The zero-order valence-corrected chi connectivity index (χ0v) is 42.4. The van der Waals surface area contributed by atoms with Gasteiger partial charge in [0.05, 0.1) is 16.4 Å². The van der Waals surface area contributed by atoms with E-state index in [1.807, 2.05) is 0 Å². The lowest BCUT2D eigenvalue weighted by Gasteiger charge is -2.37. The zero-order chi connectivity index (χ0) is 49.8. The highest BCUT2D eigenvalue weighted by Crippen LogP contribution is 2.57. The van der Waals surface area contributed by atoms with Gasteiger partial charge in [-0.1, -0.05) is 267 Å². The van der Waals surface area contributed by atoms with E-state index in [-0.39, 0.29) is 0 Å². The summed E-state index contributed by atoms with van der Waals surface area (Å²) in [5, 5.41) is 7.91. The minimum absolute atomic E-state index is 0.621. The average Bonchev–Trinajstić information content (AvgIpc) is 4.00. The number of para-hydroxylation sites is 1. The average molecular weight is 970 g/mol. The molecule has 0 atom stereocenters. The van der Waals surface area contributed by atoms with Gasteiger partial charge in [-0.2, -0.15) is 0 Å². The van der Waals surface area contributed by atoms with E-state index in [2.05, 4.69) is 314 Å². The lowest BCUT2D eigenvalue weighted by Crippen LogP contribution is -2.74. The molecule has 14 rings (SSSR count). The zero-order valence-electron chi connectivity index (χ0n) is 41.4. The number of hydrogen-bond acceptors (Lipinski definition) is 0. The molecular weight excluding hydrogens is 919 g/mol. The smallest absolute Gasteiger partial charge is 0.179 e. The van der Waals surface area contributed by atoms with Crippen LogP contribution in [0.25, 0.3) is 72.0 Å². The van der Waals surface area contributed by atoms with Crippen molar-refractivity contribution >= 4 is 50.6 Å². The van der Waals surface area contributed by atoms with E-state index in [0.29, 0.717) is 0 Å². The van der Waals surface area contributed by atoms with Crippen molar-refractivity contribution in [2.75, 3.05) is 0 Å². The van der Waals surface area contributed by atoms with Crippen molar-refractivity contribution in [2.45, 2.75) is 5.41 Å². The van der Waals surface area contributed by atoms with Gasteiger partial charge in [0, 0.05) is 16.5 Å². The summed E-state index contributed by atoms with van der Waals surface area (Å²) < 4.78 is 2.46. The molecule has 0 spiro atoms. The third kappa shape index (κ3) is 7.13. The summed E-state index contributed by atoms with van der Waals surface area (Å²) in [4.78, 5) is 0. The predicted molar refractivity (Wildman–Crippen MR) is 318 cm³/mol. The summed E-state index contributed by atoms with van der Waals surface area (Å²) >= 11 is 0. The molecule has 0 amide bonds. The molecule has 1 aromatic heterocycles. The largest absolute Gasteiger partial charge is 0.309 e. The van der Waals surface area contributed by atoms with E-state index >= 15 is 0 Å². The number of fused-ring (bicyclic) bond motifs is 6. The molecule has 1 aliphatic rings. The molecule has 0 radical (unpaired) electrons. The molecule has 0 N–H and O–H groups in total. The fraction of sp³-hybridized carbons (Fsp3) is 0.0137. The van der Waals surface area contributed by atoms with E-state index in [0.717, 1.165) is 5.69 Å². The van der Waals surface area contributed by atoms with Crippen LogP contribution in [0.3, 0.4) is 0 Å². The van der Waals surface area contributed by atoms with Crippen molar-refractivity contribution in [3.63, 3.8) is 0 Å². The van der Waals surface area contributed by atoms with Gasteiger partial charge in [-0.3, -0.25) is 0 Å². The Labute approximate surface area is 440 Å². The molecule has 1 nitrogen and oxygen atoms in total. The van der Waals surface area contributed by atoms with E-state index in [1.54, 1.807) is 0 Å². The van der Waals surface area contributed by atoms with Crippen molar-refractivity contribution < 1.29 is 0 Å². The van der Waals surface area contributed by atoms with Gasteiger partial charge in [0.1, 0.15) is 0 Å². The maximum Gasteiger partial charge on any atom is 0.179 e. The van der Waals surface area contributed by atoms with Gasteiger partial charge in [0.25, 0.3) is 0 Å². The van der Waals surface area contributed by atoms with E-state index < -0.39 is 13.5 Å². The normalized spacial score (nSPS) is 12.6. The summed E-state index contributed by atoms with van der Waals surface area (Å²) in [5.74, 6) is 0. The van der Waals surface area contributed by atoms with Crippen LogP contribution in [0.5, 0.6) is 0 Å². The lowest BCUT2D eigenvalue weighted by atomic mass is 9.67. The SMILES string of the molecule is c1ccc(-c2cc(-c3ccccc3)cc(-n3c4ccccc4c4cc(-c5ccc6c(c5)C(c5ccccc5)(c5ccccc5)c5cc([Si](c7ccccc7)(c7ccccc7)c7ccccc7)ccc5-6)ccc43)c2)cc1. The minimum atomic E-state index is -2.89. The molecule has 75 heavy (non-hydrogen) atoms. The summed E-state index contributed by atoms with van der Waals surface area (Å²) in [5.41, 5.74) is 17.7. The molecule has 0 saturated carbocycles. The van der Waals surface area contributed by atoms with E-state index in [1.165, 1.54) is 109 Å². The highest BCUT2D eigenvalue weighted by Gasteiger charge is 2.49. The highest BCUT2D eigenvalue weighted by atomic mass is 28.3. The van der Waals surface area contributed by atoms with E-state index in [4.69, 9.17) is 0 Å². The third-order valence-electron chi connectivity index (χ3n) is 16.0. The summed E-state index contributed by atoms with van der Waals surface area (Å²) in [7, 11) is -2.89. The molecule has 1 heterocycles. The van der Waals surface area contributed by atoms with Gasteiger partial charge in [-0.15, -0.1) is 0 Å². The molecule has 2 heteroatoms. The monoisotopic (exact) mass is 969 g/mol. The summed E-state index contributed by atoms with van der Waals surface area (Å²) in [6.45, 7) is 0. The van der Waals surface area contributed by atoms with Crippen molar-refractivity contribution in [1.82, 2.24) is 4.57 Å². The standard InChI is InChI=1S/C73H51NSi/c1-8-24-52(25-9-1)56-46-57(53-26-10-2-11-27-53)48-60(47-56)74-71-39-23-22-38-67(71)68-49-54(41-45-72(68)74)55-40-43-65-66-44-42-64(51-70(66)73(69(65)50-55,58-28-12-3-13-29-58)59-30-14-4-15-31-59)75(61-32-16-5-17-33-61,62-34-18-6-19-35-62)63-36-20-7-21-37-63/h1-51H. The van der Waals surface area contributed by atoms with Gasteiger partial charge >= 0.3 is 0 Å². The second kappa shape index (κ2) is 18.3. The topological polar surface area (TPSA) is 4.93 Å². The number of nitrogens with zero attached hydrogens (tertiary/aromatic N) is 1. The number of hydrogen-bond donors (Lipinski definition) is 0. The van der Waals surface area contributed by atoms with Crippen LogP contribution >= 0.6 is 0 Å². The maximum atomic E-state index is 2.62. The van der Waals surface area contributed by atoms with Gasteiger partial charge < -0.3 is 4.57 Å². The van der Waals surface area contributed by atoms with Gasteiger partial charge in [-0.25, -0.2) is 0 Å². The van der Waals surface area contributed by atoms with Crippen LogP contribution < -0.4 is 20.7 Å². The molecular formula is C73H51NSi. The first kappa shape index (κ1) is 44.4. The maximum absolute atomic E-state index is 2.89. The Bertz CT molecular complexity index is 4000. The Hall–Kier alpha value is -9.34. The Balaban J connectivity index is 0.988. The van der Waals surface area contributed by atoms with Crippen LogP contribution in [-0.2, 0) is 5.41 Å². The first-order valence-electron chi connectivity index (χ1n) is 26.1. The fourth-order valence-corrected chi connectivity index (χ4v) is 17.5. The van der Waals surface area contributed by atoms with E-state index in [9.17, 15) is 0 Å². The van der Waals surface area contributed by atoms with Gasteiger partial charge in [-0.05, 0) is 130 Å². The molecule has 0 fully saturated rings. The molecule has 13 aromatic rings. The van der Waals surface area contributed by atoms with Crippen LogP contribution in [0.2, 0.25) is 0 Å². The quantitative estimate of drug-likeness (QED) is 0.0951. The lowest BCUT2D eigenvalue weighted by molar-refractivity contribution is 0.769. The first-order chi connectivity index (χ1) is 37.2. The number of rotatable bonds is 10. The predicted octanol–water partition coefficient (Wildman–Crippen LogP) is 15.5. The van der Waals surface area contributed by atoms with Crippen LogP contribution in [0.1, 0.15) is 22.3 Å². The molecule has 1 aliphatic carbocycles. The number of aromatic nitrogens is 1. The van der Waals surface area contributed by atoms with Crippen LogP contribution in [0.15, 0.2) is 309 Å². The summed E-state index contributed by atoms with van der Waals surface area (Å²) in [6.07, 6.45) is 0.